The van der Waals surface area contributed by atoms with Crippen LogP contribution in [0.1, 0.15) is 0 Å². The van der Waals surface area contributed by atoms with Crippen LogP contribution in [0.25, 0.3) is 121 Å². The Balaban J connectivity index is 1.01. The van der Waals surface area contributed by atoms with E-state index in [-0.39, 0.29) is 0 Å². The molecule has 60 heavy (non-hydrogen) atoms. The van der Waals surface area contributed by atoms with Crippen molar-refractivity contribution in [1.29, 1.82) is 0 Å². The fourth-order valence-corrected chi connectivity index (χ4v) is 9.37. The van der Waals surface area contributed by atoms with Crippen molar-refractivity contribution in [3.8, 4) is 56.2 Å². The maximum absolute atomic E-state index is 5.23. The van der Waals surface area contributed by atoms with E-state index in [9.17, 15) is 0 Å². The molecule has 0 amide bonds. The van der Waals surface area contributed by atoms with Gasteiger partial charge in [-0.05, 0) is 117 Å². The Bertz CT molecular complexity index is 3630. The zero-order valence-corrected chi connectivity index (χ0v) is 32.7. The number of fused-ring (bicyclic) bond motifs is 10. The Labute approximate surface area is 347 Å². The summed E-state index contributed by atoms with van der Waals surface area (Å²) in [5, 5.41) is 15.0. The van der Waals surface area contributed by atoms with Crippen LogP contribution in [0.15, 0.2) is 218 Å². The van der Waals surface area contributed by atoms with Gasteiger partial charge < -0.3 is 0 Å². The number of rotatable bonds is 5. The van der Waals surface area contributed by atoms with Crippen LogP contribution in [0.4, 0.5) is 0 Å². The maximum atomic E-state index is 5.23. The maximum Gasteiger partial charge on any atom is 0.160 e. The molecule has 0 spiro atoms. The summed E-state index contributed by atoms with van der Waals surface area (Å²) in [5.74, 6) is 0.703. The van der Waals surface area contributed by atoms with E-state index in [0.29, 0.717) is 5.82 Å². The molecule has 12 aromatic rings. The fraction of sp³-hybridized carbons (Fsp3) is 0. The third kappa shape index (κ3) is 5.65. The Morgan fingerprint density at radius 2 is 0.683 bits per heavy atom. The Hall–Kier alpha value is -7.94. The van der Waals surface area contributed by atoms with Crippen molar-refractivity contribution in [3.05, 3.63) is 218 Å². The van der Waals surface area contributed by atoms with Crippen LogP contribution in [0.3, 0.4) is 0 Å². The second-order valence-electron chi connectivity index (χ2n) is 15.7. The van der Waals surface area contributed by atoms with Crippen molar-refractivity contribution < 1.29 is 0 Å². The second-order valence-corrected chi connectivity index (χ2v) is 15.7. The Morgan fingerprint density at radius 1 is 0.217 bits per heavy atom. The molecule has 1 heterocycles. The van der Waals surface area contributed by atoms with E-state index in [4.69, 9.17) is 9.97 Å². The van der Waals surface area contributed by atoms with E-state index >= 15 is 0 Å². The molecule has 0 N–H and O–H groups in total. The lowest BCUT2D eigenvalue weighted by molar-refractivity contribution is 1.18. The van der Waals surface area contributed by atoms with E-state index in [1.807, 2.05) is 18.2 Å². The topological polar surface area (TPSA) is 25.8 Å². The molecule has 0 fully saturated rings. The molecule has 0 atom stereocenters. The minimum atomic E-state index is 0.703. The molecule has 0 saturated heterocycles. The van der Waals surface area contributed by atoms with Crippen molar-refractivity contribution >= 4 is 64.6 Å². The van der Waals surface area contributed by atoms with Crippen LogP contribution >= 0.6 is 0 Å². The van der Waals surface area contributed by atoms with Gasteiger partial charge in [-0.2, -0.15) is 0 Å². The van der Waals surface area contributed by atoms with Gasteiger partial charge in [-0.3, -0.25) is 0 Å². The first-order valence-electron chi connectivity index (χ1n) is 20.6. The largest absolute Gasteiger partial charge is 0.228 e. The zero-order chi connectivity index (χ0) is 39.6. The first-order chi connectivity index (χ1) is 29.7. The van der Waals surface area contributed by atoms with E-state index in [2.05, 4.69) is 200 Å². The number of hydrogen-bond donors (Lipinski definition) is 0. The highest BCUT2D eigenvalue weighted by molar-refractivity contribution is 6.26. The van der Waals surface area contributed by atoms with Crippen LogP contribution in [0.2, 0.25) is 0 Å². The summed E-state index contributed by atoms with van der Waals surface area (Å²) in [6.45, 7) is 0. The number of aromatic nitrogens is 2. The summed E-state index contributed by atoms with van der Waals surface area (Å²) in [6.07, 6.45) is 0. The van der Waals surface area contributed by atoms with Gasteiger partial charge in [0.1, 0.15) is 0 Å². The average molecular weight is 761 g/mol. The molecule has 0 saturated carbocycles. The first-order valence-corrected chi connectivity index (χ1v) is 20.6. The van der Waals surface area contributed by atoms with Crippen molar-refractivity contribution in [1.82, 2.24) is 9.97 Å². The van der Waals surface area contributed by atoms with Gasteiger partial charge in [-0.1, -0.05) is 188 Å². The Morgan fingerprint density at radius 3 is 1.38 bits per heavy atom. The van der Waals surface area contributed by atoms with Gasteiger partial charge in [0.2, 0.25) is 0 Å². The standard InChI is InChI=1S/C58H36N2/c1-2-15-38(16-3-1)58-59-55(36-56(60-58)43-29-30-51-49-26-9-8-24-47(49)48-25-10-11-27-50(48)54(51)35-43)42-20-12-18-39(32-42)40-19-13-21-44(33-40)57-46-23-7-5-17-41(46)34-53-45-22-6-4-14-37(45)28-31-52(53)57/h1-36H. The van der Waals surface area contributed by atoms with Gasteiger partial charge in [-0.25, -0.2) is 9.97 Å². The molecule has 1 aromatic heterocycles. The third-order valence-electron chi connectivity index (χ3n) is 12.2. The highest BCUT2D eigenvalue weighted by atomic mass is 14.9. The van der Waals surface area contributed by atoms with Crippen molar-refractivity contribution in [3.63, 3.8) is 0 Å². The van der Waals surface area contributed by atoms with Crippen LogP contribution in [0.5, 0.6) is 0 Å². The molecule has 0 radical (unpaired) electrons. The van der Waals surface area contributed by atoms with Crippen LogP contribution in [-0.2, 0) is 0 Å². The first kappa shape index (κ1) is 34.1. The number of hydrogen-bond acceptors (Lipinski definition) is 2. The lowest BCUT2D eigenvalue weighted by Crippen LogP contribution is -1.96. The summed E-state index contributed by atoms with van der Waals surface area (Å²) in [5.41, 5.74) is 9.60. The van der Waals surface area contributed by atoms with Gasteiger partial charge in [0.15, 0.2) is 5.82 Å². The fourth-order valence-electron chi connectivity index (χ4n) is 9.37. The Kier molecular flexibility index (Phi) is 7.89. The molecule has 12 rings (SSSR count). The van der Waals surface area contributed by atoms with E-state index in [0.717, 1.165) is 39.2 Å². The van der Waals surface area contributed by atoms with Gasteiger partial charge in [0.05, 0.1) is 11.4 Å². The summed E-state index contributed by atoms with van der Waals surface area (Å²) < 4.78 is 0. The van der Waals surface area contributed by atoms with E-state index in [1.165, 1.54) is 75.8 Å². The molecule has 2 nitrogen and oxygen atoms in total. The number of nitrogens with zero attached hydrogens (tertiary/aromatic N) is 2. The molecular weight excluding hydrogens is 725 g/mol. The third-order valence-corrected chi connectivity index (χ3v) is 12.2. The van der Waals surface area contributed by atoms with Crippen LogP contribution in [-0.4, -0.2) is 9.97 Å². The lowest BCUT2D eigenvalue weighted by atomic mass is 9.88. The molecular formula is C58H36N2. The second kappa shape index (κ2) is 13.9. The van der Waals surface area contributed by atoms with Gasteiger partial charge >= 0.3 is 0 Å². The molecule has 0 unspecified atom stereocenters. The van der Waals surface area contributed by atoms with E-state index < -0.39 is 0 Å². The monoisotopic (exact) mass is 760 g/mol. The molecule has 0 aliphatic carbocycles. The van der Waals surface area contributed by atoms with Crippen LogP contribution in [0, 0.1) is 0 Å². The van der Waals surface area contributed by atoms with Gasteiger partial charge in [0, 0.05) is 16.7 Å². The summed E-state index contributed by atoms with van der Waals surface area (Å²) in [6, 6.07) is 78.9. The van der Waals surface area contributed by atoms with Crippen molar-refractivity contribution in [2.24, 2.45) is 0 Å². The highest BCUT2D eigenvalue weighted by Gasteiger charge is 2.16. The predicted octanol–water partition coefficient (Wildman–Crippen LogP) is 15.7. The molecule has 278 valence electrons. The molecule has 0 aliphatic heterocycles. The van der Waals surface area contributed by atoms with Gasteiger partial charge in [-0.15, -0.1) is 0 Å². The quantitative estimate of drug-likeness (QED) is 0.129. The predicted molar refractivity (Wildman–Crippen MR) is 254 cm³/mol. The van der Waals surface area contributed by atoms with Crippen molar-refractivity contribution in [2.75, 3.05) is 0 Å². The van der Waals surface area contributed by atoms with Crippen LogP contribution < -0.4 is 0 Å². The molecule has 0 aliphatic rings. The molecule has 2 heteroatoms. The average Bonchev–Trinajstić information content (AvgIpc) is 3.33. The summed E-state index contributed by atoms with van der Waals surface area (Å²) in [4.78, 5) is 10.5. The minimum absolute atomic E-state index is 0.703. The summed E-state index contributed by atoms with van der Waals surface area (Å²) in [7, 11) is 0. The number of benzene rings is 11. The summed E-state index contributed by atoms with van der Waals surface area (Å²) >= 11 is 0. The molecule has 11 aromatic carbocycles. The zero-order valence-electron chi connectivity index (χ0n) is 32.7. The normalized spacial score (nSPS) is 11.7. The van der Waals surface area contributed by atoms with Crippen molar-refractivity contribution in [2.45, 2.75) is 0 Å². The molecule has 0 bridgehead atoms. The smallest absolute Gasteiger partial charge is 0.160 e. The SMILES string of the molecule is c1ccc(-c2nc(-c3cccc(-c4cccc(-c5c6ccccc6cc6c5ccc5ccccc56)c4)c3)cc(-c3ccc4c5ccccc5c5ccccc5c4c3)n2)cc1. The lowest BCUT2D eigenvalue weighted by Gasteiger charge is -2.15. The highest BCUT2D eigenvalue weighted by Crippen LogP contribution is 2.42. The van der Waals surface area contributed by atoms with Gasteiger partial charge in [0.25, 0.3) is 0 Å². The van der Waals surface area contributed by atoms with E-state index in [1.54, 1.807) is 0 Å². The minimum Gasteiger partial charge on any atom is -0.228 e.